The third kappa shape index (κ3) is 6.44. The van der Waals surface area contributed by atoms with Crippen molar-refractivity contribution in [1.29, 1.82) is 0 Å². The molecule has 0 aliphatic rings. The zero-order valence-electron chi connectivity index (χ0n) is 17.5. The molecular weight excluding hydrogens is 440 g/mol. The number of anilines is 3. The van der Waals surface area contributed by atoms with Crippen LogP contribution in [0.2, 0.25) is 5.02 Å². The highest BCUT2D eigenvalue weighted by molar-refractivity contribution is 6.30. The summed E-state index contributed by atoms with van der Waals surface area (Å²) in [4.78, 5) is 28.8. The van der Waals surface area contributed by atoms with Gasteiger partial charge in [-0.2, -0.15) is 0 Å². The van der Waals surface area contributed by atoms with Gasteiger partial charge in [-0.15, -0.1) is 0 Å². The van der Waals surface area contributed by atoms with E-state index in [0.29, 0.717) is 40.2 Å². The number of nitrogens with one attached hydrogen (secondary N) is 3. The van der Waals surface area contributed by atoms with Crippen LogP contribution in [0.5, 0.6) is 0 Å². The summed E-state index contributed by atoms with van der Waals surface area (Å²) in [7, 11) is 0. The van der Waals surface area contributed by atoms with Crippen LogP contribution in [0.3, 0.4) is 0 Å². The zero-order chi connectivity index (χ0) is 23.0. The number of aromatic nitrogens is 1. The van der Waals surface area contributed by atoms with Crippen molar-refractivity contribution < 1.29 is 14.0 Å². The Labute approximate surface area is 195 Å². The maximum absolute atomic E-state index is 12.4. The normalized spacial score (nSPS) is 10.5. The number of amides is 3. The summed E-state index contributed by atoms with van der Waals surface area (Å²) in [5.41, 5.74) is 2.68. The number of aryl methyl sites for hydroxylation is 1. The molecule has 0 aliphatic carbocycles. The first kappa shape index (κ1) is 22.1. The Morgan fingerprint density at radius 3 is 2.24 bits per heavy atom. The second-order valence-electron chi connectivity index (χ2n) is 7.20. The van der Waals surface area contributed by atoms with Gasteiger partial charge in [0.1, 0.15) is 0 Å². The summed E-state index contributed by atoms with van der Waals surface area (Å²) < 4.78 is 5.73. The molecule has 7 nitrogen and oxygen atoms in total. The topological polar surface area (TPSA) is 96.3 Å². The van der Waals surface area contributed by atoms with E-state index in [9.17, 15) is 9.59 Å². The highest BCUT2D eigenvalue weighted by Crippen LogP contribution is 2.23. The van der Waals surface area contributed by atoms with E-state index in [1.807, 2.05) is 30.3 Å². The molecule has 0 saturated heterocycles. The van der Waals surface area contributed by atoms with Crippen LogP contribution >= 0.6 is 11.6 Å². The molecule has 3 aromatic carbocycles. The number of hydrogen-bond acceptors (Lipinski definition) is 4. The quantitative estimate of drug-likeness (QED) is 0.305. The maximum Gasteiger partial charge on any atom is 0.323 e. The molecule has 0 unspecified atom stereocenters. The number of oxazole rings is 1. The molecule has 0 fully saturated rings. The maximum atomic E-state index is 12.4. The predicted molar refractivity (Wildman–Crippen MR) is 129 cm³/mol. The molecule has 3 amide bonds. The van der Waals surface area contributed by atoms with Crippen molar-refractivity contribution in [2.24, 2.45) is 0 Å². The fourth-order valence-corrected chi connectivity index (χ4v) is 3.23. The number of urea groups is 1. The minimum Gasteiger partial charge on any atom is -0.441 e. The molecular formula is C25H21ClN4O3. The molecule has 8 heteroatoms. The van der Waals surface area contributed by atoms with Crippen LogP contribution < -0.4 is 16.0 Å². The van der Waals surface area contributed by atoms with E-state index in [1.165, 1.54) is 0 Å². The SMILES string of the molecule is O=C(CCc1ncc(-c2ccc(Cl)cc2)o1)Nc1cccc(NC(=O)Nc2ccccc2)c1. The van der Waals surface area contributed by atoms with E-state index in [4.69, 9.17) is 16.0 Å². The number of nitrogens with zero attached hydrogens (tertiary/aromatic N) is 1. The fraction of sp³-hybridized carbons (Fsp3) is 0.0800. The molecule has 0 radical (unpaired) electrons. The Kier molecular flexibility index (Phi) is 7.02. The van der Waals surface area contributed by atoms with E-state index in [1.54, 1.807) is 54.7 Å². The second kappa shape index (κ2) is 10.5. The Balaban J connectivity index is 1.28. The standard InChI is InChI=1S/C25H21ClN4O3/c26-18-11-9-17(10-12-18)22-16-27-24(33-22)14-13-23(31)28-20-7-4-8-21(15-20)30-25(32)29-19-5-2-1-3-6-19/h1-12,15-16H,13-14H2,(H,28,31)(H2,29,30,32). The lowest BCUT2D eigenvalue weighted by Crippen LogP contribution is -2.19. The van der Waals surface area contributed by atoms with Gasteiger partial charge in [-0.3, -0.25) is 4.79 Å². The van der Waals surface area contributed by atoms with Crippen molar-refractivity contribution in [3.8, 4) is 11.3 Å². The van der Waals surface area contributed by atoms with Gasteiger partial charge in [0.05, 0.1) is 6.20 Å². The van der Waals surface area contributed by atoms with Gasteiger partial charge in [0.2, 0.25) is 5.91 Å². The summed E-state index contributed by atoms with van der Waals surface area (Å²) in [5.74, 6) is 0.907. The van der Waals surface area contributed by atoms with Crippen LogP contribution in [0.25, 0.3) is 11.3 Å². The Morgan fingerprint density at radius 1 is 0.818 bits per heavy atom. The van der Waals surface area contributed by atoms with Crippen LogP contribution in [0.4, 0.5) is 21.9 Å². The molecule has 3 N–H and O–H groups in total. The molecule has 0 aliphatic heterocycles. The number of para-hydroxylation sites is 1. The van der Waals surface area contributed by atoms with Gasteiger partial charge >= 0.3 is 6.03 Å². The van der Waals surface area contributed by atoms with Crippen LogP contribution in [0.15, 0.2) is 89.5 Å². The van der Waals surface area contributed by atoms with E-state index in [0.717, 1.165) is 5.56 Å². The summed E-state index contributed by atoms with van der Waals surface area (Å²) in [5, 5.41) is 8.96. The van der Waals surface area contributed by atoms with Crippen LogP contribution in [-0.4, -0.2) is 16.9 Å². The molecule has 0 bridgehead atoms. The summed E-state index contributed by atoms with van der Waals surface area (Å²) in [6.07, 6.45) is 2.19. The molecule has 4 rings (SSSR count). The van der Waals surface area contributed by atoms with Gasteiger partial charge in [-0.25, -0.2) is 9.78 Å². The van der Waals surface area contributed by atoms with Crippen molar-refractivity contribution in [3.63, 3.8) is 0 Å². The van der Waals surface area contributed by atoms with Gasteiger partial charge in [-0.05, 0) is 54.6 Å². The highest BCUT2D eigenvalue weighted by Gasteiger charge is 2.10. The average Bonchev–Trinajstić information content (AvgIpc) is 3.28. The van der Waals surface area contributed by atoms with E-state index in [-0.39, 0.29) is 18.4 Å². The third-order valence-corrected chi connectivity index (χ3v) is 4.94. The summed E-state index contributed by atoms with van der Waals surface area (Å²) in [6, 6.07) is 22.9. The number of hydrogen-bond donors (Lipinski definition) is 3. The van der Waals surface area contributed by atoms with Crippen LogP contribution in [0.1, 0.15) is 12.3 Å². The lowest BCUT2D eigenvalue weighted by molar-refractivity contribution is -0.116. The molecule has 1 heterocycles. The van der Waals surface area contributed by atoms with Gasteiger partial charge in [0.15, 0.2) is 11.7 Å². The molecule has 166 valence electrons. The van der Waals surface area contributed by atoms with E-state index < -0.39 is 0 Å². The van der Waals surface area contributed by atoms with Gasteiger partial charge < -0.3 is 20.4 Å². The largest absolute Gasteiger partial charge is 0.441 e. The average molecular weight is 461 g/mol. The second-order valence-corrected chi connectivity index (χ2v) is 7.64. The van der Waals surface area contributed by atoms with Crippen molar-refractivity contribution in [3.05, 3.63) is 96.0 Å². The minimum atomic E-state index is -0.370. The fourth-order valence-electron chi connectivity index (χ4n) is 3.11. The zero-order valence-corrected chi connectivity index (χ0v) is 18.3. The Morgan fingerprint density at radius 2 is 1.48 bits per heavy atom. The third-order valence-electron chi connectivity index (χ3n) is 4.68. The molecule has 0 spiro atoms. The molecule has 33 heavy (non-hydrogen) atoms. The molecule has 1 aromatic heterocycles. The summed E-state index contributed by atoms with van der Waals surface area (Å²) in [6.45, 7) is 0. The first-order valence-electron chi connectivity index (χ1n) is 10.3. The van der Waals surface area contributed by atoms with Gasteiger partial charge in [0, 0.05) is 40.5 Å². The number of carbonyl (C=O) groups excluding carboxylic acids is 2. The predicted octanol–water partition coefficient (Wildman–Crippen LogP) is 6.21. The lowest BCUT2D eigenvalue weighted by Gasteiger charge is -2.10. The molecule has 4 aromatic rings. The number of rotatable bonds is 7. The van der Waals surface area contributed by atoms with Crippen molar-refractivity contribution in [2.75, 3.05) is 16.0 Å². The van der Waals surface area contributed by atoms with E-state index in [2.05, 4.69) is 20.9 Å². The van der Waals surface area contributed by atoms with Crippen molar-refractivity contribution in [1.82, 2.24) is 4.98 Å². The monoisotopic (exact) mass is 460 g/mol. The van der Waals surface area contributed by atoms with Crippen LogP contribution in [0, 0.1) is 0 Å². The highest BCUT2D eigenvalue weighted by atomic mass is 35.5. The van der Waals surface area contributed by atoms with Crippen molar-refractivity contribution in [2.45, 2.75) is 12.8 Å². The first-order valence-corrected chi connectivity index (χ1v) is 10.7. The smallest absolute Gasteiger partial charge is 0.323 e. The van der Waals surface area contributed by atoms with Gasteiger partial charge in [0.25, 0.3) is 0 Å². The van der Waals surface area contributed by atoms with E-state index >= 15 is 0 Å². The number of benzene rings is 3. The van der Waals surface area contributed by atoms with Crippen molar-refractivity contribution >= 4 is 40.6 Å². The molecule has 0 atom stereocenters. The Hall–Kier alpha value is -4.10. The number of carbonyl (C=O) groups is 2. The number of halogens is 1. The van der Waals surface area contributed by atoms with Gasteiger partial charge in [-0.1, -0.05) is 35.9 Å². The minimum absolute atomic E-state index is 0.188. The molecule has 0 saturated carbocycles. The first-order chi connectivity index (χ1) is 16.0. The Bertz CT molecular complexity index is 1240. The van der Waals surface area contributed by atoms with Crippen LogP contribution in [-0.2, 0) is 11.2 Å². The summed E-state index contributed by atoms with van der Waals surface area (Å²) >= 11 is 5.91. The lowest BCUT2D eigenvalue weighted by atomic mass is 10.2.